The summed E-state index contributed by atoms with van der Waals surface area (Å²) >= 11 is 0. The average molecular weight is 480 g/mol. The van der Waals surface area contributed by atoms with Crippen LogP contribution in [0.4, 0.5) is 11.4 Å². The molecule has 4 aromatic rings. The summed E-state index contributed by atoms with van der Waals surface area (Å²) in [5.74, 6) is -0.423. The van der Waals surface area contributed by atoms with Crippen molar-refractivity contribution in [3.8, 4) is 11.5 Å². The molecule has 0 saturated carbocycles. The molecule has 0 atom stereocenters. The van der Waals surface area contributed by atoms with E-state index in [-0.39, 0.29) is 22.0 Å². The molecule has 0 fully saturated rings. The minimum atomic E-state index is -4.02. The first-order valence-electron chi connectivity index (χ1n) is 10.1. The lowest BCUT2D eigenvalue weighted by Gasteiger charge is -2.13. The van der Waals surface area contributed by atoms with Crippen LogP contribution in [0.25, 0.3) is 0 Å². The summed E-state index contributed by atoms with van der Waals surface area (Å²) in [7, 11) is -2.59. The fourth-order valence-corrected chi connectivity index (χ4v) is 4.27. The van der Waals surface area contributed by atoms with E-state index >= 15 is 0 Å². The summed E-state index contributed by atoms with van der Waals surface area (Å²) in [5.41, 5.74) is 1.47. The molecule has 4 rings (SSSR count). The largest absolute Gasteiger partial charge is 0.506 e. The van der Waals surface area contributed by atoms with Crippen LogP contribution in [0.2, 0.25) is 0 Å². The van der Waals surface area contributed by atoms with Gasteiger partial charge in [-0.2, -0.15) is 5.10 Å². The van der Waals surface area contributed by atoms with E-state index in [9.17, 15) is 18.3 Å². The van der Waals surface area contributed by atoms with Gasteiger partial charge in [0, 0.05) is 5.56 Å². The van der Waals surface area contributed by atoms with Crippen LogP contribution in [0.3, 0.4) is 0 Å². The minimum Gasteiger partial charge on any atom is -0.506 e. The second kappa shape index (κ2) is 9.63. The predicted octanol–water partition coefficient (Wildman–Crippen LogP) is 3.09. The van der Waals surface area contributed by atoms with Crippen molar-refractivity contribution in [2.24, 2.45) is 0 Å². The number of benzene rings is 3. The third-order valence-electron chi connectivity index (χ3n) is 4.91. The van der Waals surface area contributed by atoms with Crippen LogP contribution in [0.1, 0.15) is 15.9 Å². The van der Waals surface area contributed by atoms with Gasteiger partial charge in [0.05, 0.1) is 29.9 Å². The Morgan fingerprint density at radius 3 is 2.53 bits per heavy atom. The number of nitrogens with zero attached hydrogens (tertiary/aromatic N) is 3. The van der Waals surface area contributed by atoms with Crippen molar-refractivity contribution >= 4 is 27.3 Å². The molecule has 11 heteroatoms. The van der Waals surface area contributed by atoms with Crippen LogP contribution in [-0.2, 0) is 16.6 Å². The van der Waals surface area contributed by atoms with E-state index in [1.54, 1.807) is 59.5 Å². The van der Waals surface area contributed by atoms with Gasteiger partial charge in [0.2, 0.25) is 0 Å². The highest BCUT2D eigenvalue weighted by Crippen LogP contribution is 2.30. The number of phenolic OH excluding ortho intramolecular Hbond substituents is 1. The van der Waals surface area contributed by atoms with Gasteiger partial charge in [-0.3, -0.25) is 9.52 Å². The van der Waals surface area contributed by atoms with E-state index in [0.29, 0.717) is 17.9 Å². The molecule has 0 aliphatic rings. The molecule has 1 heterocycles. The third-order valence-corrected chi connectivity index (χ3v) is 6.27. The molecular formula is C23H21N5O5S. The number of methoxy groups -OCH3 is 1. The highest BCUT2D eigenvalue weighted by Gasteiger charge is 2.19. The summed E-state index contributed by atoms with van der Waals surface area (Å²) in [6, 6.07) is 17.0. The number of hydrogen-bond donors (Lipinski definition) is 3. The van der Waals surface area contributed by atoms with Crippen LogP contribution in [-0.4, -0.2) is 41.3 Å². The van der Waals surface area contributed by atoms with E-state index in [0.717, 1.165) is 5.56 Å². The molecular weight excluding hydrogens is 458 g/mol. The molecule has 0 bridgehead atoms. The Hall–Kier alpha value is -4.38. The van der Waals surface area contributed by atoms with Gasteiger partial charge < -0.3 is 15.2 Å². The lowest BCUT2D eigenvalue weighted by Crippen LogP contribution is -2.15. The van der Waals surface area contributed by atoms with Crippen LogP contribution in [0.5, 0.6) is 11.5 Å². The van der Waals surface area contributed by atoms with Crippen LogP contribution >= 0.6 is 0 Å². The number of phenols is 1. The first-order valence-corrected chi connectivity index (χ1v) is 11.6. The SMILES string of the molecule is COc1ccccc1NS(=O)(=O)c1ccc(O)c(NC(=O)c2ccc(Cn3cncn3)cc2)c1. The van der Waals surface area contributed by atoms with Gasteiger partial charge >= 0.3 is 0 Å². The number of anilines is 2. The summed E-state index contributed by atoms with van der Waals surface area (Å²) in [6.45, 7) is 0.502. The van der Waals surface area contributed by atoms with Gasteiger partial charge in [0.15, 0.2) is 0 Å². The predicted molar refractivity (Wildman–Crippen MR) is 125 cm³/mol. The van der Waals surface area contributed by atoms with Gasteiger partial charge in [-0.1, -0.05) is 24.3 Å². The van der Waals surface area contributed by atoms with E-state index in [2.05, 4.69) is 20.1 Å². The Morgan fingerprint density at radius 2 is 1.82 bits per heavy atom. The second-order valence-corrected chi connectivity index (χ2v) is 8.91. The Morgan fingerprint density at radius 1 is 1.06 bits per heavy atom. The number of aromatic hydroxyl groups is 1. The standard InChI is InChI=1S/C23H21N5O5S/c1-33-22-5-3-2-4-19(22)27-34(31,32)18-10-11-21(29)20(12-18)26-23(30)17-8-6-16(7-9-17)13-28-15-24-14-25-28/h2-12,14-15,27,29H,13H2,1H3,(H,26,30). The Kier molecular flexibility index (Phi) is 6.46. The quantitative estimate of drug-likeness (QED) is 0.331. The molecule has 0 spiro atoms. The zero-order valence-corrected chi connectivity index (χ0v) is 18.9. The average Bonchev–Trinajstić information content (AvgIpc) is 3.34. The number of nitrogens with one attached hydrogen (secondary N) is 2. The van der Waals surface area contributed by atoms with Crippen LogP contribution in [0.15, 0.2) is 84.3 Å². The Balaban J connectivity index is 1.51. The summed E-state index contributed by atoms with van der Waals surface area (Å²) in [4.78, 5) is 16.4. The molecule has 0 unspecified atom stereocenters. The maximum atomic E-state index is 12.9. The lowest BCUT2D eigenvalue weighted by atomic mass is 10.1. The molecule has 0 aliphatic carbocycles. The van der Waals surface area contributed by atoms with Crippen molar-refractivity contribution in [1.82, 2.24) is 14.8 Å². The topological polar surface area (TPSA) is 135 Å². The van der Waals surface area contributed by atoms with Crippen molar-refractivity contribution in [2.45, 2.75) is 11.4 Å². The van der Waals surface area contributed by atoms with Crippen LogP contribution in [0, 0.1) is 0 Å². The normalized spacial score (nSPS) is 11.1. The zero-order valence-electron chi connectivity index (χ0n) is 18.0. The van der Waals surface area contributed by atoms with Gasteiger partial charge in [-0.25, -0.2) is 18.1 Å². The van der Waals surface area contributed by atoms with E-state index in [1.807, 2.05) is 0 Å². The number of carbonyl (C=O) groups is 1. The molecule has 174 valence electrons. The van der Waals surface area contributed by atoms with E-state index in [1.165, 1.54) is 31.6 Å². The molecule has 0 saturated heterocycles. The number of rotatable bonds is 8. The number of para-hydroxylation sites is 2. The fourth-order valence-electron chi connectivity index (χ4n) is 3.17. The molecule has 34 heavy (non-hydrogen) atoms. The first-order chi connectivity index (χ1) is 16.4. The molecule has 0 aliphatic heterocycles. The second-order valence-electron chi connectivity index (χ2n) is 7.23. The highest BCUT2D eigenvalue weighted by atomic mass is 32.2. The number of hydrogen-bond acceptors (Lipinski definition) is 7. The molecule has 3 aromatic carbocycles. The van der Waals surface area contributed by atoms with Crippen molar-refractivity contribution in [3.05, 3.63) is 90.5 Å². The van der Waals surface area contributed by atoms with Crippen molar-refractivity contribution in [1.29, 1.82) is 0 Å². The van der Waals surface area contributed by atoms with Crippen molar-refractivity contribution in [3.63, 3.8) is 0 Å². The number of carbonyl (C=O) groups excluding carboxylic acids is 1. The number of aromatic nitrogens is 3. The van der Waals surface area contributed by atoms with Crippen molar-refractivity contribution in [2.75, 3.05) is 17.1 Å². The van der Waals surface area contributed by atoms with E-state index in [4.69, 9.17) is 4.74 Å². The Labute approximate surface area is 195 Å². The number of sulfonamides is 1. The number of ether oxygens (including phenoxy) is 1. The summed E-state index contributed by atoms with van der Waals surface area (Å²) in [5, 5.41) is 16.8. The van der Waals surface area contributed by atoms with Gasteiger partial charge in [-0.05, 0) is 48.0 Å². The van der Waals surface area contributed by atoms with E-state index < -0.39 is 15.9 Å². The zero-order chi connectivity index (χ0) is 24.1. The van der Waals surface area contributed by atoms with Gasteiger partial charge in [-0.15, -0.1) is 0 Å². The molecule has 10 nitrogen and oxygen atoms in total. The fraction of sp³-hybridized carbons (Fsp3) is 0.0870. The molecule has 3 N–H and O–H groups in total. The summed E-state index contributed by atoms with van der Waals surface area (Å²) in [6.07, 6.45) is 3.03. The number of amides is 1. The van der Waals surface area contributed by atoms with Gasteiger partial charge in [0.1, 0.15) is 24.2 Å². The summed E-state index contributed by atoms with van der Waals surface area (Å²) < 4.78 is 35.0. The van der Waals surface area contributed by atoms with Gasteiger partial charge in [0.25, 0.3) is 15.9 Å². The molecule has 1 aromatic heterocycles. The molecule has 1 amide bonds. The molecule has 0 radical (unpaired) electrons. The maximum absolute atomic E-state index is 12.9. The smallest absolute Gasteiger partial charge is 0.262 e. The minimum absolute atomic E-state index is 0.0420. The maximum Gasteiger partial charge on any atom is 0.262 e. The first kappa shape index (κ1) is 22.8. The van der Waals surface area contributed by atoms with Crippen molar-refractivity contribution < 1.29 is 23.1 Å². The third kappa shape index (κ3) is 5.15. The lowest BCUT2D eigenvalue weighted by molar-refractivity contribution is 0.102. The monoisotopic (exact) mass is 479 g/mol. The van der Waals surface area contributed by atoms with Crippen LogP contribution < -0.4 is 14.8 Å². The highest BCUT2D eigenvalue weighted by molar-refractivity contribution is 7.92. The Bertz CT molecular complexity index is 1400.